The van der Waals surface area contributed by atoms with Gasteiger partial charge in [0, 0.05) is 0 Å². The number of nitrogens with zero attached hydrogens (tertiary/aromatic N) is 10. The molecule has 6 rings (SSSR count). The second kappa shape index (κ2) is 18.0. The average Bonchev–Trinajstić information content (AvgIpc) is 3.83. The van der Waals surface area contributed by atoms with Crippen molar-refractivity contribution in [3.63, 3.8) is 0 Å². The van der Waals surface area contributed by atoms with Gasteiger partial charge in [0.15, 0.2) is 0 Å². The topological polar surface area (TPSA) is 245 Å². The highest BCUT2D eigenvalue weighted by Gasteiger charge is 2.10. The third-order valence-corrected chi connectivity index (χ3v) is 6.45. The Balaban J connectivity index is 0.000000223. The molecule has 2 heterocycles. The van der Waals surface area contributed by atoms with Gasteiger partial charge in [-0.25, -0.2) is 18.3 Å². The molecule has 16 heteroatoms. The van der Waals surface area contributed by atoms with Gasteiger partial charge in [0.05, 0.1) is 56.7 Å². The molecule has 50 heavy (non-hydrogen) atoms. The highest BCUT2D eigenvalue weighted by molar-refractivity contribution is 5.41. The molecule has 6 aromatic rings. The fraction of sp³-hybridized carbons (Fsp3) is 0. The van der Waals surface area contributed by atoms with Crippen molar-refractivity contribution in [2.75, 3.05) is 0 Å². The second-order valence-electron chi connectivity index (χ2n) is 9.54. The Morgan fingerprint density at radius 2 is 0.700 bits per heavy atom. The third kappa shape index (κ3) is 10.9. The predicted molar refractivity (Wildman–Crippen MR) is 174 cm³/mol. The van der Waals surface area contributed by atoms with E-state index in [1.807, 2.05) is 104 Å². The fourth-order valence-corrected chi connectivity index (χ4v) is 4.15. The summed E-state index contributed by atoms with van der Waals surface area (Å²) in [5, 5.41) is 64.7. The summed E-state index contributed by atoms with van der Waals surface area (Å²) in [4.78, 5) is 16.5. The van der Waals surface area contributed by atoms with Crippen LogP contribution in [0.5, 0.6) is 0 Å². The van der Waals surface area contributed by atoms with Crippen LogP contribution in [0.3, 0.4) is 0 Å². The van der Waals surface area contributed by atoms with E-state index in [9.17, 15) is 0 Å². The molecule has 244 valence electrons. The van der Waals surface area contributed by atoms with Crippen LogP contribution < -0.4 is 9.13 Å². The number of nitriles is 4. The van der Waals surface area contributed by atoms with Crippen LogP contribution in [-0.2, 0) is 0 Å². The van der Waals surface area contributed by atoms with Gasteiger partial charge in [-0.1, -0.05) is 0 Å². The Morgan fingerprint density at radius 3 is 0.940 bits per heavy atom. The lowest BCUT2D eigenvalue weighted by atomic mass is 10.2. The molecule has 0 amide bonds. The molecule has 0 N–H and O–H groups in total. The van der Waals surface area contributed by atoms with Crippen LogP contribution in [0.4, 0.5) is 0 Å². The highest BCUT2D eigenvalue weighted by Crippen LogP contribution is 2.11. The molecule has 0 aliphatic rings. The van der Waals surface area contributed by atoms with Crippen molar-refractivity contribution in [1.82, 2.24) is 9.13 Å². The number of hydrogen-bond donors (Lipinski definition) is 0. The molecule has 0 aliphatic heterocycles. The predicted octanol–water partition coefficient (Wildman–Crippen LogP) is 4.52. The SMILES string of the molecule is N#Cc1ccc(-n2cc[n+](-c3ccc(C#N)cc3)c2)cc1.N#Cc1ccc(-n2cc[n+](-c3ccc(C#N)cc3)c2)cc1.O=[N+]([O-])[O-].O=[N+]([O-])[O-]. The molecule has 0 spiro atoms. The summed E-state index contributed by atoms with van der Waals surface area (Å²) in [5.41, 5.74) is 6.53. The molecule has 0 aliphatic carbocycles. The Labute approximate surface area is 283 Å². The van der Waals surface area contributed by atoms with Gasteiger partial charge in [-0.15, -0.1) is 0 Å². The lowest BCUT2D eigenvalue weighted by Crippen LogP contribution is -2.27. The molecule has 0 saturated carbocycles. The maximum Gasteiger partial charge on any atom is 0.254 e. The quantitative estimate of drug-likeness (QED) is 0.145. The monoisotopic (exact) mass is 666 g/mol. The molecule has 0 radical (unpaired) electrons. The Bertz CT molecular complexity index is 1900. The minimum absolute atomic E-state index is 0.644. The van der Waals surface area contributed by atoms with Crippen LogP contribution in [0.25, 0.3) is 22.7 Å². The van der Waals surface area contributed by atoms with Crippen molar-refractivity contribution in [3.8, 4) is 47.0 Å². The normalized spacial score (nSPS) is 9.20. The van der Waals surface area contributed by atoms with Crippen LogP contribution in [0, 0.1) is 76.0 Å². The summed E-state index contributed by atoms with van der Waals surface area (Å²) in [6, 6.07) is 38.0. The van der Waals surface area contributed by atoms with Crippen LogP contribution in [-0.4, -0.2) is 19.3 Å². The Morgan fingerprint density at radius 1 is 0.460 bits per heavy atom. The minimum atomic E-state index is -1.75. The first-order chi connectivity index (χ1) is 24.1. The van der Waals surface area contributed by atoms with Gasteiger partial charge in [-0.05, 0) is 97.1 Å². The zero-order chi connectivity index (χ0) is 36.5. The summed E-state index contributed by atoms with van der Waals surface area (Å²) >= 11 is 0. The Hall–Kier alpha value is -8.34. The van der Waals surface area contributed by atoms with Crippen LogP contribution in [0.2, 0.25) is 0 Å². The van der Waals surface area contributed by atoms with Crippen molar-refractivity contribution in [2.45, 2.75) is 0 Å². The first-order valence-corrected chi connectivity index (χ1v) is 13.9. The first-order valence-electron chi connectivity index (χ1n) is 13.9. The van der Waals surface area contributed by atoms with E-state index in [1.165, 1.54) is 0 Å². The number of aromatic nitrogens is 4. The van der Waals surface area contributed by atoms with E-state index in [-0.39, 0.29) is 0 Å². The average molecular weight is 667 g/mol. The van der Waals surface area contributed by atoms with Gasteiger partial charge in [0.2, 0.25) is 0 Å². The standard InChI is InChI=1S/2C17H11N4.2NO3/c2*18-11-14-1-5-16(6-2-14)20-9-10-21(13-20)17-7-3-15(12-19)4-8-17;2*2-1(3)4/h2*1-10,13H;;/q2*+1;2*-1. The van der Waals surface area contributed by atoms with Crippen LogP contribution in [0.15, 0.2) is 135 Å². The van der Waals surface area contributed by atoms with Crippen molar-refractivity contribution in [3.05, 3.63) is 187 Å². The van der Waals surface area contributed by atoms with E-state index in [2.05, 4.69) is 24.3 Å². The highest BCUT2D eigenvalue weighted by atomic mass is 16.9. The molecule has 16 nitrogen and oxygen atoms in total. The minimum Gasteiger partial charge on any atom is -0.356 e. The summed E-state index contributed by atoms with van der Waals surface area (Å²) in [6.07, 6.45) is 11.7. The third-order valence-electron chi connectivity index (χ3n) is 6.45. The van der Waals surface area contributed by atoms with Gasteiger partial charge >= 0.3 is 0 Å². The fourth-order valence-electron chi connectivity index (χ4n) is 4.15. The van der Waals surface area contributed by atoms with E-state index in [1.54, 1.807) is 48.5 Å². The molecule has 0 bridgehead atoms. The molecule has 0 unspecified atom stereocenters. The van der Waals surface area contributed by atoms with Crippen molar-refractivity contribution >= 4 is 0 Å². The van der Waals surface area contributed by atoms with Crippen LogP contribution >= 0.6 is 0 Å². The number of hydrogen-bond acceptors (Lipinski definition) is 10. The van der Waals surface area contributed by atoms with E-state index in [0.717, 1.165) is 22.7 Å². The molecule has 0 atom stereocenters. The Kier molecular flexibility index (Phi) is 13.0. The van der Waals surface area contributed by atoms with Gasteiger partial charge in [-0.2, -0.15) is 21.0 Å². The first kappa shape index (κ1) is 36.1. The number of imidazole rings is 2. The molecule has 0 fully saturated rings. The van der Waals surface area contributed by atoms with Crippen molar-refractivity contribution in [1.29, 1.82) is 21.0 Å². The van der Waals surface area contributed by atoms with Gasteiger partial charge in [-0.3, -0.25) is 0 Å². The number of benzene rings is 4. The zero-order valence-electron chi connectivity index (χ0n) is 25.6. The summed E-state index contributed by atoms with van der Waals surface area (Å²) in [6.45, 7) is 0. The van der Waals surface area contributed by atoms with Gasteiger partial charge in [0.25, 0.3) is 12.7 Å². The smallest absolute Gasteiger partial charge is 0.254 e. The molecule has 0 saturated heterocycles. The molecular formula is C34H22N10O6. The van der Waals surface area contributed by atoms with Gasteiger partial charge in [0.1, 0.15) is 47.5 Å². The van der Waals surface area contributed by atoms with E-state index >= 15 is 0 Å². The van der Waals surface area contributed by atoms with E-state index in [4.69, 9.17) is 51.7 Å². The van der Waals surface area contributed by atoms with Gasteiger partial charge < -0.3 is 30.6 Å². The summed E-state index contributed by atoms with van der Waals surface area (Å²) < 4.78 is 7.89. The summed E-state index contributed by atoms with van der Waals surface area (Å²) in [5.74, 6) is 0. The molecule has 4 aromatic carbocycles. The summed E-state index contributed by atoms with van der Waals surface area (Å²) in [7, 11) is 0. The molecular weight excluding hydrogens is 644 g/mol. The lowest BCUT2D eigenvalue weighted by molar-refractivity contribution is -0.595. The lowest BCUT2D eigenvalue weighted by Gasteiger charge is -1.96. The largest absolute Gasteiger partial charge is 0.356 e. The zero-order valence-corrected chi connectivity index (χ0v) is 25.6. The van der Waals surface area contributed by atoms with Crippen molar-refractivity contribution < 1.29 is 19.3 Å². The van der Waals surface area contributed by atoms with E-state index < -0.39 is 10.2 Å². The maximum absolute atomic E-state index is 8.81. The molecule has 2 aromatic heterocycles. The maximum atomic E-state index is 8.81. The van der Waals surface area contributed by atoms with Crippen molar-refractivity contribution in [2.24, 2.45) is 0 Å². The van der Waals surface area contributed by atoms with E-state index in [0.29, 0.717) is 22.3 Å². The van der Waals surface area contributed by atoms with Crippen LogP contribution in [0.1, 0.15) is 22.3 Å². The second-order valence-corrected chi connectivity index (χ2v) is 9.54. The number of rotatable bonds is 4.